The Labute approximate surface area is 176 Å². The molecule has 0 N–H and O–H groups in total. The van der Waals surface area contributed by atoms with Crippen LogP contribution in [-0.2, 0) is 16.2 Å². The highest BCUT2D eigenvalue weighted by Crippen LogP contribution is 2.37. The molecule has 0 atom stereocenters. The van der Waals surface area contributed by atoms with Gasteiger partial charge in [-0.2, -0.15) is 17.5 Å². The van der Waals surface area contributed by atoms with E-state index in [2.05, 4.69) is 4.98 Å². The number of fused-ring (bicyclic) bond motifs is 1. The average molecular weight is 450 g/mol. The molecular formula is C21H17F3N2O4S. The number of likely N-dealkylation sites (N-methyl/N-ethyl adjacent to an activating group) is 1. The van der Waals surface area contributed by atoms with Crippen molar-refractivity contribution in [1.82, 2.24) is 9.29 Å². The first kappa shape index (κ1) is 21.1. The van der Waals surface area contributed by atoms with Crippen molar-refractivity contribution in [2.24, 2.45) is 0 Å². The molecule has 4 rings (SSSR count). The molecule has 0 spiro atoms. The fourth-order valence-corrected chi connectivity index (χ4v) is 4.39. The molecule has 0 bridgehead atoms. The van der Waals surface area contributed by atoms with Crippen LogP contribution in [0.1, 0.15) is 5.56 Å². The van der Waals surface area contributed by atoms with Crippen molar-refractivity contribution >= 4 is 10.0 Å². The Morgan fingerprint density at radius 2 is 1.84 bits per heavy atom. The Balaban J connectivity index is 1.71. The molecule has 0 saturated heterocycles. The highest BCUT2D eigenvalue weighted by Gasteiger charge is 2.30. The summed E-state index contributed by atoms with van der Waals surface area (Å²) in [6.07, 6.45) is -2.97. The zero-order chi connectivity index (χ0) is 22.2. The molecule has 0 aliphatic carbocycles. The fraction of sp³-hybridized carbons (Fsp3) is 0.190. The molecule has 3 aromatic rings. The topological polar surface area (TPSA) is 68.7 Å². The third-order valence-electron chi connectivity index (χ3n) is 4.77. The van der Waals surface area contributed by atoms with Crippen molar-refractivity contribution < 1.29 is 31.1 Å². The van der Waals surface area contributed by atoms with Gasteiger partial charge in [0, 0.05) is 25.4 Å². The molecule has 0 unspecified atom stereocenters. The van der Waals surface area contributed by atoms with E-state index in [0.717, 1.165) is 12.1 Å². The van der Waals surface area contributed by atoms with Gasteiger partial charge in [0.2, 0.25) is 15.9 Å². The predicted molar refractivity (Wildman–Crippen MR) is 107 cm³/mol. The minimum atomic E-state index is -4.45. The number of ether oxygens (including phenoxy) is 2. The summed E-state index contributed by atoms with van der Waals surface area (Å²) in [5.74, 6) is 0.545. The van der Waals surface area contributed by atoms with Crippen molar-refractivity contribution in [3.05, 3.63) is 66.4 Å². The summed E-state index contributed by atoms with van der Waals surface area (Å²) >= 11 is 0. The van der Waals surface area contributed by atoms with E-state index in [1.165, 1.54) is 35.7 Å². The number of alkyl halides is 3. The van der Waals surface area contributed by atoms with Gasteiger partial charge in [-0.15, -0.1) is 0 Å². The largest absolute Gasteiger partial charge is 0.491 e. The van der Waals surface area contributed by atoms with Gasteiger partial charge in [0.05, 0.1) is 5.56 Å². The highest BCUT2D eigenvalue weighted by atomic mass is 32.2. The van der Waals surface area contributed by atoms with Crippen LogP contribution in [-0.4, -0.2) is 37.9 Å². The Hall–Kier alpha value is -3.11. The van der Waals surface area contributed by atoms with Gasteiger partial charge in [-0.3, -0.25) is 0 Å². The van der Waals surface area contributed by atoms with Crippen LogP contribution in [0.15, 0.2) is 65.7 Å². The van der Waals surface area contributed by atoms with Crippen LogP contribution < -0.4 is 9.47 Å². The zero-order valence-corrected chi connectivity index (χ0v) is 17.1. The molecule has 0 fully saturated rings. The van der Waals surface area contributed by atoms with Gasteiger partial charge in [0.25, 0.3) is 0 Å². The van der Waals surface area contributed by atoms with E-state index in [9.17, 15) is 21.6 Å². The van der Waals surface area contributed by atoms with Gasteiger partial charge in [0.1, 0.15) is 23.0 Å². The van der Waals surface area contributed by atoms with Gasteiger partial charge in [-0.1, -0.05) is 6.07 Å². The number of hydrogen-bond donors (Lipinski definition) is 0. The minimum absolute atomic E-state index is 0.0225. The number of rotatable bonds is 3. The summed E-state index contributed by atoms with van der Waals surface area (Å²) in [4.78, 5) is 4.19. The lowest BCUT2D eigenvalue weighted by molar-refractivity contribution is -0.137. The number of hydrogen-bond acceptors (Lipinski definition) is 5. The van der Waals surface area contributed by atoms with Gasteiger partial charge >= 0.3 is 6.18 Å². The standard InChI is InChI=1S/C21H17F3N2O4S/c1-26-11-12-29-18-9-4-14(13-19(18)31(26,27)28)17-3-2-10-25-20(17)30-16-7-5-15(6-8-16)21(22,23)24/h2-10,13H,11-12H2,1H3. The fourth-order valence-electron chi connectivity index (χ4n) is 3.08. The monoisotopic (exact) mass is 450 g/mol. The first-order chi connectivity index (χ1) is 14.7. The second kappa shape index (κ2) is 7.86. The van der Waals surface area contributed by atoms with E-state index >= 15 is 0 Å². The molecule has 10 heteroatoms. The maximum atomic E-state index is 12.8. The maximum absolute atomic E-state index is 12.8. The van der Waals surface area contributed by atoms with Crippen LogP contribution in [0.2, 0.25) is 0 Å². The Kier molecular flexibility index (Phi) is 5.36. The molecule has 31 heavy (non-hydrogen) atoms. The highest BCUT2D eigenvalue weighted by molar-refractivity contribution is 7.89. The molecule has 162 valence electrons. The summed E-state index contributed by atoms with van der Waals surface area (Å²) < 4.78 is 76.4. The Morgan fingerprint density at radius 3 is 2.55 bits per heavy atom. The van der Waals surface area contributed by atoms with E-state index in [-0.39, 0.29) is 35.4 Å². The minimum Gasteiger partial charge on any atom is -0.491 e. The zero-order valence-electron chi connectivity index (χ0n) is 16.3. The second-order valence-electron chi connectivity index (χ2n) is 6.82. The van der Waals surface area contributed by atoms with Crippen LogP contribution >= 0.6 is 0 Å². The number of pyridine rings is 1. The van der Waals surface area contributed by atoms with Crippen molar-refractivity contribution in [2.75, 3.05) is 20.2 Å². The molecule has 1 aliphatic rings. The van der Waals surface area contributed by atoms with Crippen molar-refractivity contribution in [1.29, 1.82) is 0 Å². The first-order valence-corrected chi connectivity index (χ1v) is 10.6. The van der Waals surface area contributed by atoms with Crippen molar-refractivity contribution in [3.8, 4) is 28.5 Å². The molecule has 1 aromatic heterocycles. The average Bonchev–Trinajstić information content (AvgIpc) is 2.84. The maximum Gasteiger partial charge on any atom is 0.416 e. The van der Waals surface area contributed by atoms with E-state index in [4.69, 9.17) is 9.47 Å². The van der Waals surface area contributed by atoms with E-state index in [1.54, 1.807) is 24.3 Å². The summed E-state index contributed by atoms with van der Waals surface area (Å²) in [6.45, 7) is 0.457. The lowest BCUT2D eigenvalue weighted by Crippen LogP contribution is -2.28. The summed E-state index contributed by atoms with van der Waals surface area (Å²) in [6, 6.07) is 12.3. The van der Waals surface area contributed by atoms with E-state index in [1.807, 2.05) is 0 Å². The molecule has 0 amide bonds. The number of sulfonamides is 1. The smallest absolute Gasteiger partial charge is 0.416 e. The Morgan fingerprint density at radius 1 is 1.10 bits per heavy atom. The third kappa shape index (κ3) is 4.21. The number of aromatic nitrogens is 1. The first-order valence-electron chi connectivity index (χ1n) is 9.20. The Bertz CT molecular complexity index is 1210. The second-order valence-corrected chi connectivity index (χ2v) is 8.83. The molecular weight excluding hydrogens is 433 g/mol. The summed E-state index contributed by atoms with van der Waals surface area (Å²) in [7, 11) is -2.26. The van der Waals surface area contributed by atoms with Crippen LogP contribution in [0.5, 0.6) is 17.4 Å². The molecule has 0 saturated carbocycles. The lowest BCUT2D eigenvalue weighted by Gasteiger charge is -2.15. The van der Waals surface area contributed by atoms with Crippen LogP contribution in [0.3, 0.4) is 0 Å². The molecule has 6 nitrogen and oxygen atoms in total. The van der Waals surface area contributed by atoms with Gasteiger partial charge in [-0.05, 0) is 54.1 Å². The number of halogens is 3. The molecule has 1 aliphatic heterocycles. The van der Waals surface area contributed by atoms with E-state index < -0.39 is 21.8 Å². The quantitative estimate of drug-likeness (QED) is 0.585. The van der Waals surface area contributed by atoms with Crippen molar-refractivity contribution in [2.45, 2.75) is 11.1 Å². The predicted octanol–water partition coefficient (Wildman–Crippen LogP) is 4.57. The molecule has 2 heterocycles. The van der Waals surface area contributed by atoms with Crippen molar-refractivity contribution in [3.63, 3.8) is 0 Å². The van der Waals surface area contributed by atoms with Gasteiger partial charge in [0.15, 0.2) is 0 Å². The normalized spacial score (nSPS) is 16.1. The van der Waals surface area contributed by atoms with Crippen LogP contribution in [0.4, 0.5) is 13.2 Å². The number of benzene rings is 2. The summed E-state index contributed by atoms with van der Waals surface area (Å²) in [5.41, 5.74) is 0.199. The third-order valence-corrected chi connectivity index (χ3v) is 6.65. The van der Waals surface area contributed by atoms with E-state index in [0.29, 0.717) is 11.1 Å². The molecule has 0 radical (unpaired) electrons. The van der Waals surface area contributed by atoms with Crippen LogP contribution in [0.25, 0.3) is 11.1 Å². The molecule has 2 aromatic carbocycles. The summed E-state index contributed by atoms with van der Waals surface area (Å²) in [5, 5.41) is 0. The lowest BCUT2D eigenvalue weighted by atomic mass is 10.1. The van der Waals surface area contributed by atoms with Gasteiger partial charge < -0.3 is 9.47 Å². The SMILES string of the molecule is CN1CCOc2ccc(-c3cccnc3Oc3ccc(C(F)(F)F)cc3)cc2S1(=O)=O. The van der Waals surface area contributed by atoms with Crippen LogP contribution in [0, 0.1) is 0 Å². The van der Waals surface area contributed by atoms with Gasteiger partial charge in [-0.25, -0.2) is 13.4 Å². The number of nitrogens with zero attached hydrogens (tertiary/aromatic N) is 2.